The smallest absolute Gasteiger partial charge is 0.309 e. The molecule has 6 nitrogen and oxygen atoms in total. The van der Waals surface area contributed by atoms with Crippen molar-refractivity contribution in [2.24, 2.45) is 5.92 Å². The highest BCUT2D eigenvalue weighted by molar-refractivity contribution is 5.72. The quantitative estimate of drug-likeness (QED) is 0.471. The maximum absolute atomic E-state index is 11.6. The highest BCUT2D eigenvalue weighted by Gasteiger charge is 2.26. The second-order valence-electron chi connectivity index (χ2n) is 5.34. The molecule has 1 aromatic carbocycles. The van der Waals surface area contributed by atoms with Crippen molar-refractivity contribution >= 4 is 11.7 Å². The van der Waals surface area contributed by atoms with Crippen LogP contribution in [0.5, 0.6) is 0 Å². The minimum atomic E-state index is -0.393. The molecule has 0 bridgehead atoms. The summed E-state index contributed by atoms with van der Waals surface area (Å²) in [5, 5.41) is 10.6. The molecule has 1 atom stereocenters. The second-order valence-corrected chi connectivity index (χ2v) is 5.34. The first kappa shape index (κ1) is 15.4. The highest BCUT2D eigenvalue weighted by atomic mass is 16.6. The Hall–Kier alpha value is -1.95. The first-order valence-corrected chi connectivity index (χ1v) is 7.13. The van der Waals surface area contributed by atoms with Crippen LogP contribution in [0.2, 0.25) is 0 Å². The minimum Gasteiger partial charge on any atom is -0.469 e. The Morgan fingerprint density at radius 1 is 1.43 bits per heavy atom. The van der Waals surface area contributed by atoms with E-state index in [0.29, 0.717) is 0 Å². The molecule has 114 valence electrons. The second kappa shape index (κ2) is 7.17. The summed E-state index contributed by atoms with van der Waals surface area (Å²) in [4.78, 5) is 24.0. The van der Waals surface area contributed by atoms with Gasteiger partial charge >= 0.3 is 5.97 Å². The van der Waals surface area contributed by atoms with Gasteiger partial charge in [0.15, 0.2) is 0 Å². The number of likely N-dealkylation sites (tertiary alicyclic amines) is 1. The van der Waals surface area contributed by atoms with Gasteiger partial charge in [-0.15, -0.1) is 0 Å². The number of methoxy groups -OCH3 is 1. The number of nitrogens with zero attached hydrogens (tertiary/aromatic N) is 2. The molecule has 0 saturated carbocycles. The summed E-state index contributed by atoms with van der Waals surface area (Å²) < 4.78 is 4.81. The van der Waals surface area contributed by atoms with E-state index in [2.05, 4.69) is 4.90 Å². The van der Waals surface area contributed by atoms with Crippen LogP contribution in [0.1, 0.15) is 18.4 Å². The standard InChI is InChI=1S/C15H20N2O4/c1-21-15(18)13-3-2-9-16(11-13)10-8-12-4-6-14(7-5-12)17(19)20/h4-7,13H,2-3,8-11H2,1H3. The molecule has 21 heavy (non-hydrogen) atoms. The monoisotopic (exact) mass is 292 g/mol. The fraction of sp³-hybridized carbons (Fsp3) is 0.533. The Morgan fingerprint density at radius 2 is 2.14 bits per heavy atom. The first-order valence-electron chi connectivity index (χ1n) is 7.13. The van der Waals surface area contributed by atoms with Gasteiger partial charge in [0.05, 0.1) is 18.0 Å². The molecule has 0 aromatic heterocycles. The molecule has 1 aliphatic heterocycles. The number of nitro benzene ring substituents is 1. The molecule has 1 saturated heterocycles. The molecule has 1 aromatic rings. The molecule has 1 aliphatic rings. The summed E-state index contributed by atoms with van der Waals surface area (Å²) in [5.74, 6) is -0.157. The van der Waals surface area contributed by atoms with Crippen molar-refractivity contribution in [2.45, 2.75) is 19.3 Å². The number of ether oxygens (including phenoxy) is 1. The lowest BCUT2D eigenvalue weighted by Gasteiger charge is -2.31. The van der Waals surface area contributed by atoms with Crippen molar-refractivity contribution in [3.63, 3.8) is 0 Å². The third-order valence-electron chi connectivity index (χ3n) is 3.90. The summed E-state index contributed by atoms with van der Waals surface area (Å²) in [5.41, 5.74) is 1.18. The Morgan fingerprint density at radius 3 is 2.76 bits per heavy atom. The molecule has 0 amide bonds. The zero-order valence-corrected chi connectivity index (χ0v) is 12.2. The Labute approximate surface area is 123 Å². The largest absolute Gasteiger partial charge is 0.469 e. The number of nitro groups is 1. The maximum Gasteiger partial charge on any atom is 0.309 e. The Bertz CT molecular complexity index is 501. The van der Waals surface area contributed by atoms with Gasteiger partial charge in [-0.3, -0.25) is 14.9 Å². The summed E-state index contributed by atoms with van der Waals surface area (Å²) in [7, 11) is 1.43. The molecule has 0 N–H and O–H groups in total. The molecule has 1 unspecified atom stereocenters. The minimum absolute atomic E-state index is 0.0272. The number of rotatable bonds is 5. The number of carbonyl (C=O) groups excluding carboxylic acids is 1. The van der Waals surface area contributed by atoms with E-state index in [1.807, 2.05) is 0 Å². The van der Waals surface area contributed by atoms with Crippen LogP contribution in [-0.4, -0.2) is 42.5 Å². The number of hydrogen-bond donors (Lipinski definition) is 0. The van der Waals surface area contributed by atoms with E-state index in [-0.39, 0.29) is 17.6 Å². The van der Waals surface area contributed by atoms with Crippen molar-refractivity contribution in [3.05, 3.63) is 39.9 Å². The summed E-state index contributed by atoms with van der Waals surface area (Å²) in [6.45, 7) is 2.57. The van der Waals surface area contributed by atoms with Gasteiger partial charge in [-0.1, -0.05) is 12.1 Å². The zero-order chi connectivity index (χ0) is 15.2. The van der Waals surface area contributed by atoms with Gasteiger partial charge in [0.2, 0.25) is 0 Å². The average Bonchev–Trinajstić information content (AvgIpc) is 2.52. The van der Waals surface area contributed by atoms with Gasteiger partial charge in [0.1, 0.15) is 0 Å². The molecular weight excluding hydrogens is 272 g/mol. The van der Waals surface area contributed by atoms with Gasteiger partial charge in [-0.2, -0.15) is 0 Å². The first-order chi connectivity index (χ1) is 10.1. The number of carbonyl (C=O) groups is 1. The lowest BCUT2D eigenvalue weighted by Crippen LogP contribution is -2.40. The van der Waals surface area contributed by atoms with Crippen LogP contribution in [0, 0.1) is 16.0 Å². The van der Waals surface area contributed by atoms with E-state index >= 15 is 0 Å². The van der Waals surface area contributed by atoms with Crippen LogP contribution < -0.4 is 0 Å². The van der Waals surface area contributed by atoms with E-state index < -0.39 is 4.92 Å². The number of benzene rings is 1. The van der Waals surface area contributed by atoms with Crippen LogP contribution in [0.4, 0.5) is 5.69 Å². The van der Waals surface area contributed by atoms with Crippen LogP contribution in [0.3, 0.4) is 0 Å². The van der Waals surface area contributed by atoms with Gasteiger partial charge in [0, 0.05) is 25.2 Å². The normalized spacial score (nSPS) is 19.2. The Kier molecular flexibility index (Phi) is 5.27. The SMILES string of the molecule is COC(=O)C1CCCN(CCc2ccc([N+](=O)[O-])cc2)C1. The molecule has 0 aliphatic carbocycles. The van der Waals surface area contributed by atoms with Gasteiger partial charge < -0.3 is 9.64 Å². The van der Waals surface area contributed by atoms with Crippen molar-refractivity contribution in [3.8, 4) is 0 Å². The van der Waals surface area contributed by atoms with Crippen LogP contribution in [-0.2, 0) is 16.0 Å². The van der Waals surface area contributed by atoms with Crippen LogP contribution in [0.25, 0.3) is 0 Å². The van der Waals surface area contributed by atoms with Crippen molar-refractivity contribution < 1.29 is 14.5 Å². The van der Waals surface area contributed by atoms with Crippen LogP contribution in [0.15, 0.2) is 24.3 Å². The molecule has 0 radical (unpaired) electrons. The predicted molar refractivity (Wildman–Crippen MR) is 78.0 cm³/mol. The summed E-state index contributed by atoms with van der Waals surface area (Å²) >= 11 is 0. The van der Waals surface area contributed by atoms with E-state index in [4.69, 9.17) is 4.74 Å². The van der Waals surface area contributed by atoms with Crippen LogP contribution >= 0.6 is 0 Å². The van der Waals surface area contributed by atoms with Crippen molar-refractivity contribution in [1.29, 1.82) is 0 Å². The summed E-state index contributed by atoms with van der Waals surface area (Å²) in [6.07, 6.45) is 2.71. The molecule has 2 rings (SSSR count). The zero-order valence-electron chi connectivity index (χ0n) is 12.2. The lowest BCUT2D eigenvalue weighted by atomic mass is 9.98. The number of esters is 1. The summed E-state index contributed by atoms with van der Waals surface area (Å²) in [6, 6.07) is 6.64. The third-order valence-corrected chi connectivity index (χ3v) is 3.90. The lowest BCUT2D eigenvalue weighted by molar-refractivity contribution is -0.384. The molecule has 6 heteroatoms. The van der Waals surface area contributed by atoms with E-state index in [1.165, 1.54) is 19.2 Å². The van der Waals surface area contributed by atoms with E-state index in [1.54, 1.807) is 12.1 Å². The van der Waals surface area contributed by atoms with Gasteiger partial charge in [-0.05, 0) is 31.4 Å². The number of non-ortho nitro benzene ring substituents is 1. The number of piperidine rings is 1. The molecule has 1 fully saturated rings. The van der Waals surface area contributed by atoms with Gasteiger partial charge in [0.25, 0.3) is 5.69 Å². The molecular formula is C15H20N2O4. The van der Waals surface area contributed by atoms with E-state index in [9.17, 15) is 14.9 Å². The highest BCUT2D eigenvalue weighted by Crippen LogP contribution is 2.18. The molecule has 1 heterocycles. The maximum atomic E-state index is 11.6. The topological polar surface area (TPSA) is 72.7 Å². The predicted octanol–water partition coefficient (Wildman–Crippen LogP) is 2.02. The number of hydrogen-bond acceptors (Lipinski definition) is 5. The van der Waals surface area contributed by atoms with Crippen molar-refractivity contribution in [2.75, 3.05) is 26.7 Å². The molecule has 0 spiro atoms. The third kappa shape index (κ3) is 4.26. The Balaban J connectivity index is 1.84. The van der Waals surface area contributed by atoms with Gasteiger partial charge in [-0.25, -0.2) is 0 Å². The fourth-order valence-electron chi connectivity index (χ4n) is 2.69. The fourth-order valence-corrected chi connectivity index (χ4v) is 2.69. The average molecular weight is 292 g/mol. The van der Waals surface area contributed by atoms with Crippen molar-refractivity contribution in [1.82, 2.24) is 4.90 Å². The van der Waals surface area contributed by atoms with E-state index in [0.717, 1.165) is 44.5 Å².